The molecule has 0 saturated heterocycles. The topological polar surface area (TPSA) is 82.8 Å². The molecule has 2 aromatic carbocycles. The molecule has 0 bridgehead atoms. The van der Waals surface area contributed by atoms with E-state index >= 15 is 0 Å². The minimum atomic E-state index is -0.470. The molecular formula is C21H18Br3N3O4. The molecule has 1 heterocycles. The van der Waals surface area contributed by atoms with Crippen molar-refractivity contribution in [3.63, 3.8) is 0 Å². The molecule has 3 rings (SSSR count). The van der Waals surface area contributed by atoms with Crippen LogP contribution in [0.3, 0.4) is 0 Å². The Morgan fingerprint density at radius 1 is 1.19 bits per heavy atom. The molecule has 0 N–H and O–H groups in total. The van der Waals surface area contributed by atoms with Crippen LogP contribution in [0.15, 0.2) is 47.6 Å². The maximum absolute atomic E-state index is 13.1. The number of benzene rings is 2. The second kappa shape index (κ2) is 10.1. The zero-order valence-electron chi connectivity index (χ0n) is 16.9. The number of hydrogen-bond acceptors (Lipinski definition) is 6. The van der Waals surface area contributed by atoms with Crippen molar-refractivity contribution >= 4 is 70.9 Å². The molecule has 0 unspecified atom stereocenters. The van der Waals surface area contributed by atoms with Crippen molar-refractivity contribution in [1.82, 2.24) is 9.66 Å². The van der Waals surface area contributed by atoms with Gasteiger partial charge in [0.15, 0.2) is 11.5 Å². The van der Waals surface area contributed by atoms with E-state index in [0.717, 1.165) is 4.47 Å². The normalized spacial score (nSPS) is 11.3. The predicted molar refractivity (Wildman–Crippen MR) is 130 cm³/mol. The molecule has 0 fully saturated rings. The van der Waals surface area contributed by atoms with Crippen molar-refractivity contribution in [2.24, 2.45) is 5.10 Å². The maximum atomic E-state index is 13.1. The Morgan fingerprint density at radius 2 is 1.94 bits per heavy atom. The van der Waals surface area contributed by atoms with Crippen LogP contribution < -0.4 is 15.0 Å². The summed E-state index contributed by atoms with van der Waals surface area (Å²) in [6, 6.07) is 7.05. The van der Waals surface area contributed by atoms with Gasteiger partial charge < -0.3 is 9.47 Å². The van der Waals surface area contributed by atoms with Gasteiger partial charge in [0.1, 0.15) is 5.82 Å². The fourth-order valence-electron chi connectivity index (χ4n) is 2.86. The summed E-state index contributed by atoms with van der Waals surface area (Å²) in [5.41, 5.74) is 0.968. The zero-order chi connectivity index (χ0) is 22.7. The summed E-state index contributed by atoms with van der Waals surface area (Å²) in [5, 5.41) is 4.87. The average molecular weight is 616 g/mol. The second-order valence-corrected chi connectivity index (χ2v) is 8.85. The van der Waals surface area contributed by atoms with Crippen LogP contribution in [0.1, 0.15) is 32.2 Å². The number of esters is 1. The van der Waals surface area contributed by atoms with E-state index in [4.69, 9.17) is 9.47 Å². The number of aryl methyl sites for hydroxylation is 1. The minimum absolute atomic E-state index is 0.266. The van der Waals surface area contributed by atoms with Crippen molar-refractivity contribution in [1.29, 1.82) is 0 Å². The van der Waals surface area contributed by atoms with Crippen LogP contribution in [0.25, 0.3) is 10.9 Å². The molecule has 0 radical (unpaired) electrons. The van der Waals surface area contributed by atoms with Crippen molar-refractivity contribution in [2.75, 3.05) is 6.61 Å². The lowest BCUT2D eigenvalue weighted by Gasteiger charge is -2.14. The highest BCUT2D eigenvalue weighted by molar-refractivity contribution is 9.13. The summed E-state index contributed by atoms with van der Waals surface area (Å²) >= 11 is 10.3. The number of aromatic nitrogens is 2. The lowest BCUT2D eigenvalue weighted by Crippen LogP contribution is -2.22. The van der Waals surface area contributed by atoms with E-state index in [-0.39, 0.29) is 11.3 Å². The average Bonchev–Trinajstić information content (AvgIpc) is 2.73. The third kappa shape index (κ3) is 5.07. The van der Waals surface area contributed by atoms with E-state index in [9.17, 15) is 9.59 Å². The Bertz CT molecular complexity index is 1260. The molecule has 0 aliphatic heterocycles. The van der Waals surface area contributed by atoms with Gasteiger partial charge in [-0.15, -0.1) is 0 Å². The first-order chi connectivity index (χ1) is 14.8. The molecule has 1 aromatic heterocycles. The zero-order valence-corrected chi connectivity index (χ0v) is 21.7. The van der Waals surface area contributed by atoms with Gasteiger partial charge in [-0.3, -0.25) is 9.59 Å². The predicted octanol–water partition coefficient (Wildman–Crippen LogP) is 5.45. The number of hydrogen-bond donors (Lipinski definition) is 0. The fourth-order valence-corrected chi connectivity index (χ4v) is 4.13. The molecule has 162 valence electrons. The van der Waals surface area contributed by atoms with Gasteiger partial charge in [-0.05, 0) is 63.0 Å². The SMILES string of the molecule is CCOc1cc(C=Nn2c(CC)nc3ccc(Br)cc3c2=O)c(Br)c(Br)c1OC(C)=O. The number of halogens is 3. The number of fused-ring (bicyclic) bond motifs is 1. The molecule has 10 heteroatoms. The third-order valence-corrected chi connectivity index (χ3v) is 6.84. The number of nitrogens with zero attached hydrogens (tertiary/aromatic N) is 3. The van der Waals surface area contributed by atoms with Crippen molar-refractivity contribution < 1.29 is 14.3 Å². The van der Waals surface area contributed by atoms with Crippen molar-refractivity contribution in [3.8, 4) is 11.5 Å². The molecule has 0 spiro atoms. The quantitative estimate of drug-likeness (QED) is 0.209. The molecule has 0 aliphatic carbocycles. The highest BCUT2D eigenvalue weighted by atomic mass is 79.9. The molecule has 0 saturated carbocycles. The van der Waals surface area contributed by atoms with Crippen LogP contribution in [0.2, 0.25) is 0 Å². The van der Waals surface area contributed by atoms with Gasteiger partial charge in [-0.2, -0.15) is 9.78 Å². The maximum Gasteiger partial charge on any atom is 0.308 e. The Morgan fingerprint density at radius 3 is 2.58 bits per heavy atom. The largest absolute Gasteiger partial charge is 0.490 e. The molecular weight excluding hydrogens is 598 g/mol. The monoisotopic (exact) mass is 613 g/mol. The number of carbonyl (C=O) groups excluding carboxylic acids is 1. The standard InChI is InChI=1S/C21H18Br3N3O4/c1-4-17-26-15-7-6-13(22)9-14(15)21(29)27(17)25-10-12-8-16(30-5-2)20(31-11(3)28)19(24)18(12)23/h6-10H,4-5H2,1-3H3. The van der Waals surface area contributed by atoms with Crippen LogP contribution >= 0.6 is 47.8 Å². The number of carbonyl (C=O) groups is 1. The molecule has 0 aliphatic rings. The lowest BCUT2D eigenvalue weighted by atomic mass is 10.2. The Labute approximate surface area is 203 Å². The Balaban J connectivity index is 2.15. The summed E-state index contributed by atoms with van der Waals surface area (Å²) in [6.07, 6.45) is 2.06. The van der Waals surface area contributed by atoms with E-state index in [1.807, 2.05) is 19.9 Å². The molecule has 3 aromatic rings. The van der Waals surface area contributed by atoms with Gasteiger partial charge in [-0.25, -0.2) is 4.98 Å². The van der Waals surface area contributed by atoms with Gasteiger partial charge in [0, 0.05) is 27.9 Å². The van der Waals surface area contributed by atoms with E-state index in [0.29, 0.717) is 50.0 Å². The lowest BCUT2D eigenvalue weighted by molar-refractivity contribution is -0.132. The van der Waals surface area contributed by atoms with E-state index in [2.05, 4.69) is 57.9 Å². The number of ether oxygens (including phenoxy) is 2. The van der Waals surface area contributed by atoms with Crippen molar-refractivity contribution in [3.05, 3.63) is 59.4 Å². The molecule has 7 nitrogen and oxygen atoms in total. The minimum Gasteiger partial charge on any atom is -0.490 e. The summed E-state index contributed by atoms with van der Waals surface area (Å²) in [7, 11) is 0. The second-order valence-electron chi connectivity index (χ2n) is 6.35. The van der Waals surface area contributed by atoms with Gasteiger partial charge in [0.25, 0.3) is 5.56 Å². The van der Waals surface area contributed by atoms with Crippen LogP contribution in [0.4, 0.5) is 0 Å². The Hall–Kier alpha value is -2.04. The highest BCUT2D eigenvalue weighted by Crippen LogP contribution is 2.42. The van der Waals surface area contributed by atoms with Gasteiger partial charge in [0.2, 0.25) is 0 Å². The van der Waals surface area contributed by atoms with Gasteiger partial charge in [0.05, 0.1) is 28.2 Å². The first-order valence-corrected chi connectivity index (χ1v) is 11.7. The van der Waals surface area contributed by atoms with Gasteiger partial charge in [-0.1, -0.05) is 22.9 Å². The first-order valence-electron chi connectivity index (χ1n) is 9.35. The highest BCUT2D eigenvalue weighted by Gasteiger charge is 2.19. The van der Waals surface area contributed by atoms with Crippen LogP contribution in [-0.4, -0.2) is 28.5 Å². The molecule has 0 atom stereocenters. The molecule has 0 amide bonds. The Kier molecular flexibility index (Phi) is 7.66. The van der Waals surface area contributed by atoms with E-state index < -0.39 is 5.97 Å². The van der Waals surface area contributed by atoms with Crippen LogP contribution in [-0.2, 0) is 11.2 Å². The summed E-state index contributed by atoms with van der Waals surface area (Å²) in [4.78, 5) is 29.1. The van der Waals surface area contributed by atoms with E-state index in [1.165, 1.54) is 17.8 Å². The fraction of sp³-hybridized carbons (Fsp3) is 0.238. The summed E-state index contributed by atoms with van der Waals surface area (Å²) < 4.78 is 14.1. The first kappa shape index (κ1) is 23.6. The number of rotatable bonds is 6. The van der Waals surface area contributed by atoms with Crippen molar-refractivity contribution in [2.45, 2.75) is 27.2 Å². The smallest absolute Gasteiger partial charge is 0.308 e. The van der Waals surface area contributed by atoms with Crippen LogP contribution in [0, 0.1) is 0 Å². The van der Waals surface area contributed by atoms with E-state index in [1.54, 1.807) is 18.2 Å². The third-order valence-electron chi connectivity index (χ3n) is 4.21. The molecule has 31 heavy (non-hydrogen) atoms. The van der Waals surface area contributed by atoms with Crippen LogP contribution in [0.5, 0.6) is 11.5 Å². The van der Waals surface area contributed by atoms with Gasteiger partial charge >= 0.3 is 5.97 Å². The summed E-state index contributed by atoms with van der Waals surface area (Å²) in [5.74, 6) is 0.704. The summed E-state index contributed by atoms with van der Waals surface area (Å²) in [6.45, 7) is 5.43.